The molecule has 29 heavy (non-hydrogen) atoms. The SMILES string of the molecule is CC[C@H](C)N1C(=O)/C(=C\c2cc(I)c(OC)c(I)c2)SC1=Nc1ccc(C)cc1. The Morgan fingerprint density at radius 2 is 1.83 bits per heavy atom. The van der Waals surface area contributed by atoms with Crippen LogP contribution < -0.4 is 4.74 Å². The average Bonchev–Trinajstić information content (AvgIpc) is 2.98. The van der Waals surface area contributed by atoms with Gasteiger partial charge in [0.05, 0.1) is 24.8 Å². The molecule has 1 aliphatic heterocycles. The molecule has 0 aromatic heterocycles. The number of hydrogen-bond donors (Lipinski definition) is 0. The van der Waals surface area contributed by atoms with Gasteiger partial charge in [-0.2, -0.15) is 0 Å². The highest BCUT2D eigenvalue weighted by atomic mass is 127. The molecule has 0 aliphatic carbocycles. The zero-order valence-corrected chi connectivity index (χ0v) is 21.8. The van der Waals surface area contributed by atoms with Gasteiger partial charge in [-0.15, -0.1) is 0 Å². The highest BCUT2D eigenvalue weighted by Gasteiger charge is 2.36. The summed E-state index contributed by atoms with van der Waals surface area (Å²) in [6, 6.07) is 12.2. The fraction of sp³-hybridized carbons (Fsp3) is 0.273. The monoisotopic (exact) mass is 632 g/mol. The van der Waals surface area contributed by atoms with E-state index < -0.39 is 0 Å². The molecule has 2 aromatic carbocycles. The summed E-state index contributed by atoms with van der Waals surface area (Å²) >= 11 is 5.96. The van der Waals surface area contributed by atoms with E-state index in [1.54, 1.807) is 7.11 Å². The third-order valence-corrected chi connectivity index (χ3v) is 7.24. The summed E-state index contributed by atoms with van der Waals surface area (Å²) in [7, 11) is 1.67. The predicted molar refractivity (Wildman–Crippen MR) is 139 cm³/mol. The summed E-state index contributed by atoms with van der Waals surface area (Å²) < 4.78 is 7.48. The van der Waals surface area contributed by atoms with Gasteiger partial charge in [-0.05, 0) is 113 Å². The van der Waals surface area contributed by atoms with Crippen molar-refractivity contribution in [1.29, 1.82) is 0 Å². The fourth-order valence-electron chi connectivity index (χ4n) is 2.87. The number of rotatable bonds is 5. The van der Waals surface area contributed by atoms with E-state index in [0.29, 0.717) is 4.91 Å². The third kappa shape index (κ3) is 5.16. The lowest BCUT2D eigenvalue weighted by molar-refractivity contribution is -0.123. The van der Waals surface area contributed by atoms with Crippen LogP contribution in [0.4, 0.5) is 5.69 Å². The van der Waals surface area contributed by atoms with Gasteiger partial charge in [0.1, 0.15) is 5.75 Å². The summed E-state index contributed by atoms with van der Waals surface area (Å²) in [5, 5.41) is 0.734. The number of aryl methyl sites for hydroxylation is 1. The number of thioether (sulfide) groups is 1. The van der Waals surface area contributed by atoms with Gasteiger partial charge in [0.15, 0.2) is 5.17 Å². The standard InChI is InChI=1S/C22H22I2N2O2S/c1-5-14(3)26-21(27)19(12-15-10-17(23)20(28-4)18(24)11-15)29-22(26)25-16-8-6-13(2)7-9-16/h6-12,14H,5H2,1-4H3/b19-12+,25-22?/t14-/m0/s1. The van der Waals surface area contributed by atoms with Gasteiger partial charge < -0.3 is 4.74 Å². The minimum atomic E-state index is 0.0102. The van der Waals surface area contributed by atoms with Crippen LogP contribution in [0.5, 0.6) is 5.75 Å². The van der Waals surface area contributed by atoms with Crippen LogP contribution in [0.2, 0.25) is 0 Å². The van der Waals surface area contributed by atoms with Gasteiger partial charge in [0, 0.05) is 6.04 Å². The first-order chi connectivity index (χ1) is 13.8. The Morgan fingerprint density at radius 1 is 1.21 bits per heavy atom. The molecule has 0 spiro atoms. The second-order valence-corrected chi connectivity index (χ2v) is 10.1. The van der Waals surface area contributed by atoms with E-state index in [2.05, 4.69) is 66.0 Å². The van der Waals surface area contributed by atoms with Gasteiger partial charge in [-0.25, -0.2) is 4.99 Å². The van der Waals surface area contributed by atoms with E-state index in [1.165, 1.54) is 17.3 Å². The number of ether oxygens (including phenoxy) is 1. The Balaban J connectivity index is 2.00. The molecule has 1 saturated heterocycles. The van der Waals surface area contributed by atoms with Crippen molar-refractivity contribution in [2.45, 2.75) is 33.2 Å². The minimum absolute atomic E-state index is 0.0102. The van der Waals surface area contributed by atoms with Gasteiger partial charge in [-0.3, -0.25) is 9.69 Å². The summed E-state index contributed by atoms with van der Waals surface area (Å²) in [6.45, 7) is 6.20. The number of halogens is 2. The minimum Gasteiger partial charge on any atom is -0.495 e. The molecule has 0 saturated carbocycles. The topological polar surface area (TPSA) is 41.9 Å². The average molecular weight is 632 g/mol. The molecule has 1 aliphatic rings. The van der Waals surface area contributed by atoms with E-state index in [-0.39, 0.29) is 11.9 Å². The van der Waals surface area contributed by atoms with E-state index in [4.69, 9.17) is 9.73 Å². The third-order valence-electron chi connectivity index (χ3n) is 4.65. The molecule has 7 heteroatoms. The van der Waals surface area contributed by atoms with Crippen molar-refractivity contribution in [3.05, 3.63) is 59.6 Å². The maximum Gasteiger partial charge on any atom is 0.266 e. The molecule has 0 radical (unpaired) electrons. The van der Waals surface area contributed by atoms with Crippen LogP contribution in [-0.2, 0) is 4.79 Å². The summed E-state index contributed by atoms with van der Waals surface area (Å²) in [5.41, 5.74) is 3.03. The quantitative estimate of drug-likeness (QED) is 0.275. The zero-order chi connectivity index (χ0) is 21.1. The molecule has 0 N–H and O–H groups in total. The van der Waals surface area contributed by atoms with Crippen molar-refractivity contribution < 1.29 is 9.53 Å². The highest BCUT2D eigenvalue weighted by molar-refractivity contribution is 14.1. The Labute approximate surface area is 203 Å². The van der Waals surface area contributed by atoms with Crippen molar-refractivity contribution >= 4 is 79.8 Å². The number of amides is 1. The second kappa shape index (κ2) is 9.82. The molecule has 2 aromatic rings. The van der Waals surface area contributed by atoms with E-state index in [9.17, 15) is 4.79 Å². The molecule has 1 atom stereocenters. The van der Waals surface area contributed by atoms with Crippen molar-refractivity contribution in [2.75, 3.05) is 7.11 Å². The molecule has 3 rings (SSSR count). The molecule has 1 fully saturated rings. The van der Waals surface area contributed by atoms with Gasteiger partial charge in [0.2, 0.25) is 0 Å². The van der Waals surface area contributed by atoms with Crippen molar-refractivity contribution in [3.63, 3.8) is 0 Å². The largest absolute Gasteiger partial charge is 0.495 e. The normalized spacial score (nSPS) is 18.0. The molecular weight excluding hydrogens is 610 g/mol. The van der Waals surface area contributed by atoms with Crippen LogP contribution in [0.25, 0.3) is 6.08 Å². The number of benzene rings is 2. The summed E-state index contributed by atoms with van der Waals surface area (Å²) in [4.78, 5) is 20.5. The number of nitrogens with zero attached hydrogens (tertiary/aromatic N) is 2. The molecular formula is C22H22I2N2O2S. The van der Waals surface area contributed by atoms with Gasteiger partial charge in [-0.1, -0.05) is 24.6 Å². The molecule has 1 heterocycles. The number of hydrogen-bond acceptors (Lipinski definition) is 4. The number of methoxy groups -OCH3 is 1. The van der Waals surface area contributed by atoms with Gasteiger partial charge in [0.25, 0.3) is 5.91 Å². The highest BCUT2D eigenvalue weighted by Crippen LogP contribution is 2.37. The zero-order valence-electron chi connectivity index (χ0n) is 16.7. The van der Waals surface area contributed by atoms with Crippen LogP contribution in [0, 0.1) is 14.1 Å². The fourth-order valence-corrected chi connectivity index (χ4v) is 6.22. The van der Waals surface area contributed by atoms with E-state index in [1.807, 2.05) is 47.4 Å². The van der Waals surface area contributed by atoms with Crippen LogP contribution in [-0.4, -0.2) is 29.1 Å². The first kappa shape index (κ1) is 22.6. The van der Waals surface area contributed by atoms with Crippen LogP contribution in [0.15, 0.2) is 46.3 Å². The summed E-state index contributed by atoms with van der Waals surface area (Å²) in [5.74, 6) is 0.873. The molecule has 152 valence electrons. The molecule has 0 bridgehead atoms. The van der Waals surface area contributed by atoms with Crippen LogP contribution >= 0.6 is 56.9 Å². The first-order valence-electron chi connectivity index (χ1n) is 9.25. The predicted octanol–water partition coefficient (Wildman–Crippen LogP) is 6.62. The number of aliphatic imine (C=N–C) groups is 1. The lowest BCUT2D eigenvalue weighted by Crippen LogP contribution is -2.36. The molecule has 1 amide bonds. The lowest BCUT2D eigenvalue weighted by atomic mass is 10.2. The smallest absolute Gasteiger partial charge is 0.266 e. The van der Waals surface area contributed by atoms with Crippen molar-refractivity contribution in [3.8, 4) is 5.75 Å². The Kier molecular flexibility index (Phi) is 7.66. The van der Waals surface area contributed by atoms with E-state index in [0.717, 1.165) is 35.7 Å². The molecule has 4 nitrogen and oxygen atoms in total. The van der Waals surface area contributed by atoms with Crippen molar-refractivity contribution in [2.24, 2.45) is 4.99 Å². The number of carbonyl (C=O) groups excluding carboxylic acids is 1. The van der Waals surface area contributed by atoms with E-state index >= 15 is 0 Å². The van der Waals surface area contributed by atoms with Crippen LogP contribution in [0.1, 0.15) is 31.4 Å². The first-order valence-corrected chi connectivity index (χ1v) is 12.2. The van der Waals surface area contributed by atoms with Crippen molar-refractivity contribution in [1.82, 2.24) is 4.90 Å². The van der Waals surface area contributed by atoms with Gasteiger partial charge >= 0.3 is 0 Å². The Hall–Kier alpha value is -1.07. The lowest BCUT2D eigenvalue weighted by Gasteiger charge is -2.22. The Bertz CT molecular complexity index is 964. The summed E-state index contributed by atoms with van der Waals surface area (Å²) in [6.07, 6.45) is 2.81. The Morgan fingerprint density at radius 3 is 2.38 bits per heavy atom. The number of carbonyl (C=O) groups is 1. The molecule has 0 unspecified atom stereocenters. The van der Waals surface area contributed by atoms with Crippen LogP contribution in [0.3, 0.4) is 0 Å². The maximum atomic E-state index is 13.2. The number of amidine groups is 1. The second-order valence-electron chi connectivity index (χ2n) is 6.79. The maximum absolute atomic E-state index is 13.2.